The minimum Gasteiger partial charge on any atom is -0.484 e. The first-order valence-electron chi connectivity index (χ1n) is 5.79. The highest BCUT2D eigenvalue weighted by atomic mass is 19.1. The van der Waals surface area contributed by atoms with Gasteiger partial charge in [-0.25, -0.2) is 4.39 Å². The van der Waals surface area contributed by atoms with Crippen LogP contribution in [0.3, 0.4) is 0 Å². The molecule has 3 rings (SSSR count). The van der Waals surface area contributed by atoms with E-state index in [2.05, 4.69) is 0 Å². The van der Waals surface area contributed by atoms with E-state index < -0.39 is 6.10 Å². The monoisotopic (exact) mass is 242 g/mol. The van der Waals surface area contributed by atoms with Crippen molar-refractivity contribution < 1.29 is 13.9 Å². The Kier molecular flexibility index (Phi) is 2.59. The van der Waals surface area contributed by atoms with Crippen LogP contribution in [0.2, 0.25) is 0 Å². The van der Waals surface area contributed by atoms with Gasteiger partial charge in [-0.05, 0) is 18.2 Å². The lowest BCUT2D eigenvalue weighted by molar-refractivity contribution is 0.0846. The van der Waals surface area contributed by atoms with Gasteiger partial charge in [0.15, 0.2) is 5.78 Å². The highest BCUT2D eigenvalue weighted by molar-refractivity contribution is 5.99. The first-order chi connectivity index (χ1) is 8.75. The van der Waals surface area contributed by atoms with Crippen molar-refractivity contribution in [1.29, 1.82) is 0 Å². The molecule has 1 atom stereocenters. The van der Waals surface area contributed by atoms with Crippen molar-refractivity contribution >= 4 is 5.78 Å². The third-order valence-electron chi connectivity index (χ3n) is 3.08. The van der Waals surface area contributed by atoms with Crippen molar-refractivity contribution in [2.75, 3.05) is 0 Å². The van der Waals surface area contributed by atoms with Crippen LogP contribution in [-0.2, 0) is 0 Å². The van der Waals surface area contributed by atoms with Crippen molar-refractivity contribution in [3.63, 3.8) is 0 Å². The van der Waals surface area contributed by atoms with Crippen molar-refractivity contribution in [1.82, 2.24) is 0 Å². The number of ketones is 1. The number of hydrogen-bond acceptors (Lipinski definition) is 2. The highest BCUT2D eigenvalue weighted by Gasteiger charge is 2.28. The Balaban J connectivity index is 2.00. The van der Waals surface area contributed by atoms with Gasteiger partial charge in [-0.3, -0.25) is 4.79 Å². The maximum absolute atomic E-state index is 13.7. The minimum atomic E-state index is -0.534. The van der Waals surface area contributed by atoms with Crippen LogP contribution in [0.5, 0.6) is 5.75 Å². The number of para-hydroxylation sites is 1. The van der Waals surface area contributed by atoms with Gasteiger partial charge in [-0.1, -0.05) is 30.3 Å². The summed E-state index contributed by atoms with van der Waals surface area (Å²) in [6.45, 7) is 0. The lowest BCUT2D eigenvalue weighted by Gasteiger charge is -2.25. The number of carbonyl (C=O) groups is 1. The fourth-order valence-corrected chi connectivity index (χ4v) is 2.18. The SMILES string of the molecule is O=C1CC(c2ccccc2F)Oc2ccccc21. The van der Waals surface area contributed by atoms with E-state index in [1.54, 1.807) is 42.5 Å². The third-order valence-corrected chi connectivity index (χ3v) is 3.08. The maximum atomic E-state index is 13.7. The highest BCUT2D eigenvalue weighted by Crippen LogP contribution is 2.35. The first kappa shape index (κ1) is 11.0. The zero-order valence-corrected chi connectivity index (χ0v) is 9.60. The van der Waals surface area contributed by atoms with Crippen LogP contribution in [0.1, 0.15) is 28.4 Å². The van der Waals surface area contributed by atoms with E-state index in [1.807, 2.05) is 0 Å². The van der Waals surface area contributed by atoms with E-state index >= 15 is 0 Å². The molecule has 2 aromatic rings. The number of fused-ring (bicyclic) bond motifs is 1. The van der Waals surface area contributed by atoms with Crippen molar-refractivity contribution in [3.8, 4) is 5.75 Å². The fraction of sp³-hybridized carbons (Fsp3) is 0.133. The molecule has 90 valence electrons. The number of ether oxygens (including phenoxy) is 1. The summed E-state index contributed by atoms with van der Waals surface area (Å²) in [6.07, 6.45) is -0.355. The molecular formula is C15H11FO2. The molecule has 0 spiro atoms. The summed E-state index contributed by atoms with van der Waals surface area (Å²) in [5.41, 5.74) is 1.01. The Morgan fingerprint density at radius 3 is 2.61 bits per heavy atom. The molecule has 1 aliphatic heterocycles. The fourth-order valence-electron chi connectivity index (χ4n) is 2.18. The first-order valence-corrected chi connectivity index (χ1v) is 5.79. The molecule has 2 aromatic carbocycles. The Morgan fingerprint density at radius 1 is 1.06 bits per heavy atom. The maximum Gasteiger partial charge on any atom is 0.170 e. The van der Waals surface area contributed by atoms with E-state index in [0.717, 1.165) is 0 Å². The summed E-state index contributed by atoms with van der Waals surface area (Å²) >= 11 is 0. The Labute approximate surface area is 104 Å². The molecule has 1 heterocycles. The number of halogens is 1. The topological polar surface area (TPSA) is 26.3 Å². The zero-order chi connectivity index (χ0) is 12.5. The van der Waals surface area contributed by atoms with E-state index in [9.17, 15) is 9.18 Å². The largest absolute Gasteiger partial charge is 0.484 e. The van der Waals surface area contributed by atoms with Crippen LogP contribution >= 0.6 is 0 Å². The number of carbonyl (C=O) groups excluding carboxylic acids is 1. The van der Waals surface area contributed by atoms with Gasteiger partial charge in [0.2, 0.25) is 0 Å². The second-order valence-electron chi connectivity index (χ2n) is 4.25. The standard InChI is InChI=1S/C15H11FO2/c16-12-7-3-1-5-10(12)15-9-13(17)11-6-2-4-8-14(11)18-15/h1-8,15H,9H2. The number of rotatable bonds is 1. The smallest absolute Gasteiger partial charge is 0.170 e. The molecule has 0 radical (unpaired) electrons. The number of hydrogen-bond donors (Lipinski definition) is 0. The van der Waals surface area contributed by atoms with E-state index in [-0.39, 0.29) is 18.0 Å². The molecule has 0 saturated heterocycles. The molecular weight excluding hydrogens is 231 g/mol. The van der Waals surface area contributed by atoms with Crippen LogP contribution in [0.15, 0.2) is 48.5 Å². The van der Waals surface area contributed by atoms with Crippen LogP contribution < -0.4 is 4.74 Å². The second kappa shape index (κ2) is 4.26. The molecule has 3 heteroatoms. The van der Waals surface area contributed by atoms with Gasteiger partial charge in [0.1, 0.15) is 17.7 Å². The molecule has 0 amide bonds. The van der Waals surface area contributed by atoms with Gasteiger partial charge >= 0.3 is 0 Å². The lowest BCUT2D eigenvalue weighted by Crippen LogP contribution is -2.21. The average Bonchev–Trinajstić information content (AvgIpc) is 2.39. The van der Waals surface area contributed by atoms with Gasteiger partial charge in [-0.2, -0.15) is 0 Å². The molecule has 0 fully saturated rings. The molecule has 0 aromatic heterocycles. The van der Waals surface area contributed by atoms with Crippen LogP contribution in [-0.4, -0.2) is 5.78 Å². The number of benzene rings is 2. The summed E-state index contributed by atoms with van der Waals surface area (Å²) in [4.78, 5) is 12.0. The van der Waals surface area contributed by atoms with E-state index in [4.69, 9.17) is 4.74 Å². The van der Waals surface area contributed by atoms with E-state index in [0.29, 0.717) is 16.9 Å². The molecule has 1 aliphatic rings. The van der Waals surface area contributed by atoms with Crippen LogP contribution in [0.25, 0.3) is 0 Å². The van der Waals surface area contributed by atoms with Crippen LogP contribution in [0.4, 0.5) is 4.39 Å². The van der Waals surface area contributed by atoms with Crippen molar-refractivity contribution in [3.05, 3.63) is 65.5 Å². The van der Waals surface area contributed by atoms with Crippen LogP contribution in [0, 0.1) is 5.82 Å². The predicted molar refractivity (Wildman–Crippen MR) is 65.2 cm³/mol. The second-order valence-corrected chi connectivity index (χ2v) is 4.25. The van der Waals surface area contributed by atoms with Gasteiger partial charge in [-0.15, -0.1) is 0 Å². The molecule has 1 unspecified atom stereocenters. The predicted octanol–water partition coefficient (Wildman–Crippen LogP) is 3.53. The molecule has 0 aliphatic carbocycles. The summed E-state index contributed by atoms with van der Waals surface area (Å²) in [6, 6.07) is 13.5. The zero-order valence-electron chi connectivity index (χ0n) is 9.60. The summed E-state index contributed by atoms with van der Waals surface area (Å²) < 4.78 is 19.4. The van der Waals surface area contributed by atoms with E-state index in [1.165, 1.54) is 6.07 Å². The van der Waals surface area contributed by atoms with Gasteiger partial charge < -0.3 is 4.74 Å². The van der Waals surface area contributed by atoms with Gasteiger partial charge in [0, 0.05) is 5.56 Å². The Bertz CT molecular complexity index is 607. The molecule has 18 heavy (non-hydrogen) atoms. The minimum absolute atomic E-state index is 0.00916. The summed E-state index contributed by atoms with van der Waals surface area (Å²) in [5.74, 6) is 0.182. The van der Waals surface area contributed by atoms with Crippen molar-refractivity contribution in [2.45, 2.75) is 12.5 Å². The molecule has 0 N–H and O–H groups in total. The van der Waals surface area contributed by atoms with Gasteiger partial charge in [0.25, 0.3) is 0 Å². The molecule has 2 nitrogen and oxygen atoms in total. The summed E-state index contributed by atoms with van der Waals surface area (Å²) in [5, 5.41) is 0. The normalized spacial score (nSPS) is 18.1. The van der Waals surface area contributed by atoms with Gasteiger partial charge in [0.05, 0.1) is 12.0 Å². The quantitative estimate of drug-likeness (QED) is 0.764. The third kappa shape index (κ3) is 1.78. The number of Topliss-reactive ketones (excluding diaryl/α,β-unsaturated/α-hetero) is 1. The Hall–Kier alpha value is -2.16. The van der Waals surface area contributed by atoms with Crippen molar-refractivity contribution in [2.24, 2.45) is 0 Å². The molecule has 0 saturated carbocycles. The average molecular weight is 242 g/mol. The Morgan fingerprint density at radius 2 is 1.78 bits per heavy atom. The summed E-state index contributed by atoms with van der Waals surface area (Å²) in [7, 11) is 0. The molecule has 0 bridgehead atoms. The lowest BCUT2D eigenvalue weighted by atomic mass is 9.96.